The molecule has 20 heavy (non-hydrogen) atoms. The molecule has 0 saturated carbocycles. The summed E-state index contributed by atoms with van der Waals surface area (Å²) < 4.78 is 0. The number of carboxylic acids is 1. The highest BCUT2D eigenvalue weighted by atomic mass is 16.4. The molecule has 5 nitrogen and oxygen atoms in total. The average Bonchev–Trinajstić information content (AvgIpc) is 2.44. The molecule has 1 aromatic carbocycles. The van der Waals surface area contributed by atoms with E-state index in [4.69, 9.17) is 5.11 Å². The summed E-state index contributed by atoms with van der Waals surface area (Å²) in [6.45, 7) is 4.37. The summed E-state index contributed by atoms with van der Waals surface area (Å²) in [6.07, 6.45) is 1.52. The van der Waals surface area contributed by atoms with Gasteiger partial charge < -0.3 is 15.7 Å². The number of rotatable bonds is 7. The lowest BCUT2D eigenvalue weighted by atomic mass is 10.1. The van der Waals surface area contributed by atoms with Gasteiger partial charge in [0.1, 0.15) is 0 Å². The monoisotopic (exact) mass is 278 g/mol. The van der Waals surface area contributed by atoms with Gasteiger partial charge in [-0.15, -0.1) is 0 Å². The van der Waals surface area contributed by atoms with Gasteiger partial charge in [-0.25, -0.2) is 4.79 Å². The zero-order chi connectivity index (χ0) is 15.0. The number of benzene rings is 1. The van der Waals surface area contributed by atoms with Crippen LogP contribution in [0, 0.1) is 0 Å². The lowest BCUT2D eigenvalue weighted by Crippen LogP contribution is -2.42. The Morgan fingerprint density at radius 3 is 2.25 bits per heavy atom. The normalized spacial score (nSPS) is 11.7. The van der Waals surface area contributed by atoms with Gasteiger partial charge in [0.2, 0.25) is 0 Å². The van der Waals surface area contributed by atoms with Gasteiger partial charge in [0.25, 0.3) is 0 Å². The second kappa shape index (κ2) is 8.19. The number of carbonyl (C=O) groups excluding carboxylic acids is 1. The van der Waals surface area contributed by atoms with Gasteiger partial charge in [-0.1, -0.05) is 38.1 Å². The second-order valence-corrected chi connectivity index (χ2v) is 4.70. The van der Waals surface area contributed by atoms with E-state index in [1.165, 1.54) is 5.56 Å². The summed E-state index contributed by atoms with van der Waals surface area (Å²) in [4.78, 5) is 22.3. The molecule has 5 heteroatoms. The third kappa shape index (κ3) is 5.73. The molecule has 1 aromatic rings. The Labute approximate surface area is 119 Å². The maximum Gasteiger partial charge on any atom is 0.315 e. The van der Waals surface area contributed by atoms with Crippen molar-refractivity contribution in [2.24, 2.45) is 0 Å². The molecule has 0 aliphatic heterocycles. The molecule has 2 amide bonds. The Morgan fingerprint density at radius 1 is 1.15 bits per heavy atom. The number of nitrogens with one attached hydrogen (secondary N) is 2. The smallest absolute Gasteiger partial charge is 0.315 e. The summed E-state index contributed by atoms with van der Waals surface area (Å²) >= 11 is 0. The van der Waals surface area contributed by atoms with Crippen molar-refractivity contribution in [2.75, 3.05) is 0 Å². The molecule has 0 spiro atoms. The number of aryl methyl sites for hydroxylation is 1. The van der Waals surface area contributed by atoms with Gasteiger partial charge in [-0.3, -0.25) is 4.79 Å². The molecule has 110 valence electrons. The Hall–Kier alpha value is -2.04. The lowest BCUT2D eigenvalue weighted by Gasteiger charge is -2.15. The Morgan fingerprint density at radius 2 is 1.75 bits per heavy atom. The molecule has 1 atom stereocenters. The fourth-order valence-corrected chi connectivity index (χ4v) is 1.82. The van der Waals surface area contributed by atoms with Crippen LogP contribution in [0.15, 0.2) is 24.3 Å². The van der Waals surface area contributed by atoms with Crippen molar-refractivity contribution in [2.45, 2.75) is 45.7 Å². The molecule has 0 radical (unpaired) electrons. The van der Waals surface area contributed by atoms with Gasteiger partial charge in [-0.2, -0.15) is 0 Å². The number of carboxylic acid groups (broad SMARTS) is 1. The van der Waals surface area contributed by atoms with Gasteiger partial charge in [0.05, 0.1) is 6.42 Å². The Balaban J connectivity index is 2.39. The van der Waals surface area contributed by atoms with Crippen molar-refractivity contribution in [3.8, 4) is 0 Å². The minimum atomic E-state index is -0.910. The van der Waals surface area contributed by atoms with Gasteiger partial charge in [-0.05, 0) is 24.0 Å². The predicted molar refractivity (Wildman–Crippen MR) is 77.5 cm³/mol. The molecule has 0 aliphatic rings. The minimum absolute atomic E-state index is 0.0604. The molecule has 0 saturated heterocycles. The van der Waals surface area contributed by atoms with Crippen LogP contribution in [0.25, 0.3) is 0 Å². The van der Waals surface area contributed by atoms with Crippen LogP contribution in [0.4, 0.5) is 4.79 Å². The van der Waals surface area contributed by atoms with Crippen LogP contribution in [0.2, 0.25) is 0 Å². The van der Waals surface area contributed by atoms with Gasteiger partial charge in [0, 0.05) is 12.6 Å². The quantitative estimate of drug-likeness (QED) is 0.716. The van der Waals surface area contributed by atoms with Crippen LogP contribution in [-0.4, -0.2) is 23.1 Å². The number of aliphatic carboxylic acids is 1. The third-order valence-electron chi connectivity index (χ3n) is 3.13. The van der Waals surface area contributed by atoms with Crippen molar-refractivity contribution in [1.82, 2.24) is 10.6 Å². The summed E-state index contributed by atoms with van der Waals surface area (Å²) in [5.74, 6) is -0.910. The van der Waals surface area contributed by atoms with Crippen LogP contribution in [0.5, 0.6) is 0 Å². The summed E-state index contributed by atoms with van der Waals surface area (Å²) in [5, 5.41) is 14.1. The van der Waals surface area contributed by atoms with E-state index in [0.29, 0.717) is 13.0 Å². The molecular formula is C15H22N2O3. The Bertz CT molecular complexity index is 443. The van der Waals surface area contributed by atoms with Gasteiger partial charge in [0.15, 0.2) is 0 Å². The zero-order valence-electron chi connectivity index (χ0n) is 12.0. The van der Waals surface area contributed by atoms with Crippen LogP contribution >= 0.6 is 0 Å². The number of urea groups is 1. The van der Waals surface area contributed by atoms with E-state index in [1.807, 2.05) is 31.2 Å². The van der Waals surface area contributed by atoms with E-state index >= 15 is 0 Å². The highest BCUT2D eigenvalue weighted by Crippen LogP contribution is 2.04. The molecular weight excluding hydrogens is 256 g/mol. The van der Waals surface area contributed by atoms with Crippen LogP contribution < -0.4 is 10.6 Å². The topological polar surface area (TPSA) is 78.4 Å². The van der Waals surface area contributed by atoms with E-state index in [9.17, 15) is 9.59 Å². The van der Waals surface area contributed by atoms with E-state index in [0.717, 1.165) is 12.0 Å². The third-order valence-corrected chi connectivity index (χ3v) is 3.13. The number of hydrogen-bond acceptors (Lipinski definition) is 2. The van der Waals surface area contributed by atoms with Crippen LogP contribution in [-0.2, 0) is 17.8 Å². The first kappa shape index (κ1) is 16.0. The highest BCUT2D eigenvalue weighted by Gasteiger charge is 2.13. The first-order chi connectivity index (χ1) is 9.55. The molecule has 3 N–H and O–H groups in total. The first-order valence-electron chi connectivity index (χ1n) is 6.89. The molecule has 0 heterocycles. The maximum absolute atomic E-state index is 11.7. The Kier molecular flexibility index (Phi) is 6.56. The van der Waals surface area contributed by atoms with E-state index in [2.05, 4.69) is 17.6 Å². The summed E-state index contributed by atoms with van der Waals surface area (Å²) in [6, 6.07) is 7.36. The van der Waals surface area contributed by atoms with Crippen LogP contribution in [0.3, 0.4) is 0 Å². The van der Waals surface area contributed by atoms with E-state index in [-0.39, 0.29) is 18.5 Å². The minimum Gasteiger partial charge on any atom is -0.481 e. The predicted octanol–water partition coefficient (Wildman–Crippen LogP) is 2.30. The molecule has 1 rings (SSSR count). The SMILES string of the molecule is CCc1ccc(CNC(=O)NC(CC)CC(=O)O)cc1. The lowest BCUT2D eigenvalue weighted by molar-refractivity contribution is -0.137. The molecule has 0 aromatic heterocycles. The number of carbonyl (C=O) groups is 2. The number of hydrogen-bond donors (Lipinski definition) is 3. The van der Waals surface area contributed by atoms with E-state index in [1.54, 1.807) is 0 Å². The molecule has 0 aliphatic carbocycles. The molecule has 0 fully saturated rings. The standard InChI is InChI=1S/C15H22N2O3/c1-3-11-5-7-12(8-6-11)10-16-15(20)17-13(4-2)9-14(18)19/h5-8,13H,3-4,9-10H2,1-2H3,(H,18,19)(H2,16,17,20). The summed E-state index contributed by atoms with van der Waals surface area (Å²) in [7, 11) is 0. The fourth-order valence-electron chi connectivity index (χ4n) is 1.82. The zero-order valence-corrected chi connectivity index (χ0v) is 12.0. The average molecular weight is 278 g/mol. The van der Waals surface area contributed by atoms with Crippen molar-refractivity contribution < 1.29 is 14.7 Å². The van der Waals surface area contributed by atoms with Crippen molar-refractivity contribution in [1.29, 1.82) is 0 Å². The fraction of sp³-hybridized carbons (Fsp3) is 0.467. The largest absolute Gasteiger partial charge is 0.481 e. The van der Waals surface area contributed by atoms with Crippen molar-refractivity contribution in [3.05, 3.63) is 35.4 Å². The van der Waals surface area contributed by atoms with Gasteiger partial charge >= 0.3 is 12.0 Å². The molecule has 0 bridgehead atoms. The maximum atomic E-state index is 11.7. The van der Waals surface area contributed by atoms with Crippen molar-refractivity contribution in [3.63, 3.8) is 0 Å². The first-order valence-corrected chi connectivity index (χ1v) is 6.89. The summed E-state index contributed by atoms with van der Waals surface area (Å²) in [5.41, 5.74) is 2.27. The highest BCUT2D eigenvalue weighted by molar-refractivity contribution is 5.75. The van der Waals surface area contributed by atoms with Crippen molar-refractivity contribution >= 4 is 12.0 Å². The van der Waals surface area contributed by atoms with Crippen LogP contribution in [0.1, 0.15) is 37.8 Å². The number of amides is 2. The second-order valence-electron chi connectivity index (χ2n) is 4.70. The molecule has 1 unspecified atom stereocenters. The van der Waals surface area contributed by atoms with E-state index < -0.39 is 5.97 Å².